The van der Waals surface area contributed by atoms with Crippen LogP contribution in [0.1, 0.15) is 13.8 Å². The van der Waals surface area contributed by atoms with Crippen molar-refractivity contribution in [1.29, 1.82) is 0 Å². The molecule has 2 rings (SSSR count). The predicted molar refractivity (Wildman–Crippen MR) is 46.6 cm³/mol. The number of aliphatic hydroxyl groups excluding tert-OH is 1. The van der Waals surface area contributed by atoms with Crippen LogP contribution in [0.5, 0.6) is 0 Å². The molecule has 0 amide bonds. The van der Waals surface area contributed by atoms with Crippen molar-refractivity contribution in [3.8, 4) is 0 Å². The van der Waals surface area contributed by atoms with Crippen molar-refractivity contribution < 1.29 is 24.1 Å². The van der Waals surface area contributed by atoms with Gasteiger partial charge in [0.25, 0.3) is 0 Å². The van der Waals surface area contributed by atoms with Crippen molar-refractivity contribution in [1.82, 2.24) is 0 Å². The Hall–Kier alpha value is -0.200. The molecule has 2 saturated heterocycles. The van der Waals surface area contributed by atoms with Crippen LogP contribution in [-0.2, 0) is 18.9 Å². The van der Waals surface area contributed by atoms with Crippen LogP contribution in [0.3, 0.4) is 0 Å². The quantitative estimate of drug-likeness (QED) is 0.644. The van der Waals surface area contributed by atoms with E-state index in [9.17, 15) is 5.11 Å². The molecule has 14 heavy (non-hydrogen) atoms. The third kappa shape index (κ3) is 1.66. The largest absolute Gasteiger partial charge is 0.388 e. The van der Waals surface area contributed by atoms with Gasteiger partial charge in [0, 0.05) is 7.11 Å². The lowest BCUT2D eigenvalue weighted by Crippen LogP contribution is -2.51. The Kier molecular flexibility index (Phi) is 2.53. The fourth-order valence-electron chi connectivity index (χ4n) is 1.91. The second-order valence-electron chi connectivity index (χ2n) is 4.07. The van der Waals surface area contributed by atoms with Crippen LogP contribution in [-0.4, -0.2) is 49.2 Å². The first-order valence-electron chi connectivity index (χ1n) is 4.71. The third-order valence-electron chi connectivity index (χ3n) is 2.47. The van der Waals surface area contributed by atoms with Gasteiger partial charge in [-0.05, 0) is 13.8 Å². The summed E-state index contributed by atoms with van der Waals surface area (Å²) in [5, 5.41) is 9.64. The average Bonchev–Trinajstić information content (AvgIpc) is 2.42. The molecule has 0 bridgehead atoms. The summed E-state index contributed by atoms with van der Waals surface area (Å²) in [6, 6.07) is 0. The molecule has 5 nitrogen and oxygen atoms in total. The van der Waals surface area contributed by atoms with E-state index in [4.69, 9.17) is 18.9 Å². The van der Waals surface area contributed by atoms with Gasteiger partial charge in [-0.15, -0.1) is 0 Å². The van der Waals surface area contributed by atoms with E-state index in [-0.39, 0.29) is 18.8 Å². The second-order valence-corrected chi connectivity index (χ2v) is 4.07. The first-order valence-corrected chi connectivity index (χ1v) is 4.71. The summed E-state index contributed by atoms with van der Waals surface area (Å²) < 4.78 is 21.5. The minimum atomic E-state index is -0.680. The van der Waals surface area contributed by atoms with Crippen LogP contribution in [0.25, 0.3) is 0 Å². The van der Waals surface area contributed by atoms with Crippen LogP contribution in [0, 0.1) is 0 Å². The molecular weight excluding hydrogens is 188 g/mol. The van der Waals surface area contributed by atoms with Crippen LogP contribution in [0.15, 0.2) is 0 Å². The Bertz CT molecular complexity index is 217. The number of aliphatic hydroxyl groups is 1. The van der Waals surface area contributed by atoms with Crippen LogP contribution in [0.2, 0.25) is 0 Å². The zero-order valence-corrected chi connectivity index (χ0v) is 8.60. The number of ether oxygens (including phenoxy) is 4. The monoisotopic (exact) mass is 204 g/mol. The lowest BCUT2D eigenvalue weighted by Gasteiger charge is -2.33. The summed E-state index contributed by atoms with van der Waals surface area (Å²) in [7, 11) is 1.55. The Morgan fingerprint density at radius 3 is 2.57 bits per heavy atom. The van der Waals surface area contributed by atoms with Crippen LogP contribution in [0.4, 0.5) is 0 Å². The maximum Gasteiger partial charge on any atom is 0.186 e. The van der Waals surface area contributed by atoms with Gasteiger partial charge < -0.3 is 24.1 Å². The van der Waals surface area contributed by atoms with Crippen molar-refractivity contribution in [2.45, 2.75) is 44.2 Å². The molecule has 1 N–H and O–H groups in total. The molecule has 2 aliphatic rings. The molecule has 0 aliphatic carbocycles. The first-order chi connectivity index (χ1) is 6.53. The number of fused-ring (bicyclic) bond motifs is 1. The highest BCUT2D eigenvalue weighted by molar-refractivity contribution is 4.91. The topological polar surface area (TPSA) is 57.2 Å². The van der Waals surface area contributed by atoms with E-state index in [0.29, 0.717) is 0 Å². The van der Waals surface area contributed by atoms with Gasteiger partial charge in [0.2, 0.25) is 0 Å². The molecule has 0 aromatic rings. The van der Waals surface area contributed by atoms with E-state index >= 15 is 0 Å². The molecule has 0 aromatic heterocycles. The highest BCUT2D eigenvalue weighted by atomic mass is 16.8. The van der Waals surface area contributed by atoms with Gasteiger partial charge in [0.1, 0.15) is 18.3 Å². The molecule has 2 heterocycles. The lowest BCUT2D eigenvalue weighted by atomic mass is 10.1. The summed E-state index contributed by atoms with van der Waals surface area (Å²) in [4.78, 5) is 0. The Morgan fingerprint density at radius 2 is 1.93 bits per heavy atom. The Labute approximate surface area is 82.9 Å². The summed E-state index contributed by atoms with van der Waals surface area (Å²) in [5.41, 5.74) is 0. The fraction of sp³-hybridized carbons (Fsp3) is 1.00. The standard InChI is InChI=1S/C9H16O5/c1-9(2)13-6-5(10)4-12-8(11-3)7(6)14-9/h5-8,10H,4H2,1-3H3/t5-,6+,7+,8+/m1/s1. The molecule has 0 radical (unpaired) electrons. The number of rotatable bonds is 1. The van der Waals surface area contributed by atoms with Crippen molar-refractivity contribution >= 4 is 0 Å². The molecule has 82 valence electrons. The van der Waals surface area contributed by atoms with E-state index in [1.807, 2.05) is 13.8 Å². The lowest BCUT2D eigenvalue weighted by molar-refractivity contribution is -0.237. The van der Waals surface area contributed by atoms with Crippen molar-refractivity contribution in [3.63, 3.8) is 0 Å². The summed E-state index contributed by atoms with van der Waals surface area (Å²) in [6.45, 7) is 3.84. The Balaban J connectivity index is 2.14. The summed E-state index contributed by atoms with van der Waals surface area (Å²) in [5.74, 6) is -0.680. The second kappa shape index (κ2) is 3.43. The maximum absolute atomic E-state index is 9.64. The normalized spacial score (nSPS) is 46.3. The molecule has 2 fully saturated rings. The SMILES string of the molecule is CO[C@H]1OC[C@@H](O)[C@@H]2OC(C)(C)O[C@H]12. The highest BCUT2D eigenvalue weighted by Gasteiger charge is 2.51. The maximum atomic E-state index is 9.64. The van der Waals surface area contributed by atoms with Gasteiger partial charge >= 0.3 is 0 Å². The predicted octanol–water partition coefficient (Wildman–Crippen LogP) is -0.130. The number of hydrogen-bond acceptors (Lipinski definition) is 5. The summed E-state index contributed by atoms with van der Waals surface area (Å²) in [6.07, 6.45) is -1.80. The molecule has 0 aromatic carbocycles. The van der Waals surface area contributed by atoms with E-state index < -0.39 is 18.2 Å². The molecule has 0 unspecified atom stereocenters. The smallest absolute Gasteiger partial charge is 0.186 e. The molecule has 2 aliphatic heterocycles. The van der Waals surface area contributed by atoms with E-state index in [0.717, 1.165) is 0 Å². The third-order valence-corrected chi connectivity index (χ3v) is 2.47. The van der Waals surface area contributed by atoms with Crippen LogP contribution < -0.4 is 0 Å². The zero-order chi connectivity index (χ0) is 10.3. The molecule has 4 atom stereocenters. The molecule has 0 spiro atoms. The van der Waals surface area contributed by atoms with E-state index in [1.165, 1.54) is 0 Å². The van der Waals surface area contributed by atoms with Gasteiger partial charge in [-0.2, -0.15) is 0 Å². The van der Waals surface area contributed by atoms with Crippen LogP contribution >= 0.6 is 0 Å². The fourth-order valence-corrected chi connectivity index (χ4v) is 1.91. The summed E-state index contributed by atoms with van der Waals surface area (Å²) >= 11 is 0. The number of hydrogen-bond donors (Lipinski definition) is 1. The van der Waals surface area contributed by atoms with Crippen molar-refractivity contribution in [2.75, 3.05) is 13.7 Å². The van der Waals surface area contributed by atoms with Gasteiger partial charge in [-0.3, -0.25) is 0 Å². The van der Waals surface area contributed by atoms with Gasteiger partial charge in [0.15, 0.2) is 12.1 Å². The average molecular weight is 204 g/mol. The Morgan fingerprint density at radius 1 is 1.29 bits per heavy atom. The number of methoxy groups -OCH3 is 1. The minimum absolute atomic E-state index is 0.221. The zero-order valence-electron chi connectivity index (χ0n) is 8.60. The van der Waals surface area contributed by atoms with Crippen molar-refractivity contribution in [3.05, 3.63) is 0 Å². The molecular formula is C9H16O5. The molecule has 5 heteroatoms. The van der Waals surface area contributed by atoms with Gasteiger partial charge in [0.05, 0.1) is 6.61 Å². The van der Waals surface area contributed by atoms with E-state index in [2.05, 4.69) is 0 Å². The first kappa shape index (κ1) is 10.3. The highest BCUT2D eigenvalue weighted by Crippen LogP contribution is 2.35. The minimum Gasteiger partial charge on any atom is -0.388 e. The van der Waals surface area contributed by atoms with E-state index in [1.54, 1.807) is 7.11 Å². The van der Waals surface area contributed by atoms with Gasteiger partial charge in [-0.25, -0.2) is 0 Å². The van der Waals surface area contributed by atoms with Gasteiger partial charge in [-0.1, -0.05) is 0 Å². The van der Waals surface area contributed by atoms with Crippen molar-refractivity contribution in [2.24, 2.45) is 0 Å². The molecule has 0 saturated carbocycles.